The van der Waals surface area contributed by atoms with Crippen molar-refractivity contribution in [3.63, 3.8) is 0 Å². The van der Waals surface area contributed by atoms with E-state index < -0.39 is 17.5 Å². The Labute approximate surface area is 210 Å². The Morgan fingerprint density at radius 3 is 2.20 bits per heavy atom. The molecule has 35 heavy (non-hydrogen) atoms. The Hall–Kier alpha value is -3.00. The van der Waals surface area contributed by atoms with Crippen LogP contribution in [0, 0.1) is 5.41 Å². The molecule has 0 aliphatic heterocycles. The molecule has 1 saturated carbocycles. The first-order chi connectivity index (χ1) is 17.0. The van der Waals surface area contributed by atoms with Crippen LogP contribution in [0.4, 0.5) is 4.79 Å². The topological polar surface area (TPSA) is 105 Å². The molecule has 3 N–H and O–H groups in total. The number of hydrogen-bond acceptors (Lipinski definition) is 5. The van der Waals surface area contributed by atoms with Crippen LogP contribution in [0.2, 0.25) is 0 Å². The molecule has 8 heteroatoms. The number of carboxylic acid groups (broad SMARTS) is 1. The molecule has 7 nitrogen and oxygen atoms in total. The molecule has 0 spiro atoms. The van der Waals surface area contributed by atoms with Crippen molar-refractivity contribution in [3.8, 4) is 11.1 Å². The number of thioether (sulfide) groups is 1. The summed E-state index contributed by atoms with van der Waals surface area (Å²) < 4.78 is 5.65. The number of carbonyl (C=O) groups excluding carboxylic acids is 2. The summed E-state index contributed by atoms with van der Waals surface area (Å²) in [6.45, 7) is 0.876. The number of amides is 2. The third-order valence-corrected chi connectivity index (χ3v) is 7.91. The van der Waals surface area contributed by atoms with Crippen molar-refractivity contribution >= 4 is 29.7 Å². The van der Waals surface area contributed by atoms with Crippen LogP contribution in [-0.4, -0.2) is 54.3 Å². The van der Waals surface area contributed by atoms with Gasteiger partial charge in [0.05, 0.1) is 11.2 Å². The summed E-state index contributed by atoms with van der Waals surface area (Å²) in [5.74, 6) is -0.397. The van der Waals surface area contributed by atoms with Gasteiger partial charge in [0.15, 0.2) is 0 Å². The summed E-state index contributed by atoms with van der Waals surface area (Å²) in [6.07, 6.45) is 3.87. The molecule has 2 aliphatic carbocycles. The number of carboxylic acids is 1. The second kappa shape index (κ2) is 11.6. The molecule has 1 fully saturated rings. The Bertz CT molecular complexity index is 1020. The standard InChI is InChI=1S/C27H32N2O5S/c30-24(31)17-35-15-14-28-25(32)27(12-6-1-7-13-27)18-29-26(33)34-16-23-21-10-4-2-8-19(21)20-9-3-5-11-22(20)23/h2-5,8-11,23H,1,6-7,12-18H2,(H,28,32)(H,29,33)(H,30,31). The molecule has 2 aromatic rings. The van der Waals surface area contributed by atoms with E-state index >= 15 is 0 Å². The van der Waals surface area contributed by atoms with Gasteiger partial charge in [0, 0.05) is 24.8 Å². The van der Waals surface area contributed by atoms with Gasteiger partial charge < -0.3 is 20.5 Å². The van der Waals surface area contributed by atoms with Gasteiger partial charge in [-0.3, -0.25) is 9.59 Å². The number of aliphatic carboxylic acids is 1. The van der Waals surface area contributed by atoms with Gasteiger partial charge in [0.1, 0.15) is 6.61 Å². The summed E-state index contributed by atoms with van der Waals surface area (Å²) >= 11 is 1.27. The second-order valence-corrected chi connectivity index (χ2v) is 10.3. The Morgan fingerprint density at radius 2 is 1.57 bits per heavy atom. The van der Waals surface area contributed by atoms with E-state index in [-0.39, 0.29) is 30.7 Å². The van der Waals surface area contributed by atoms with Crippen LogP contribution < -0.4 is 10.6 Å². The van der Waals surface area contributed by atoms with Crippen LogP contribution in [0.25, 0.3) is 11.1 Å². The van der Waals surface area contributed by atoms with Crippen LogP contribution in [0.5, 0.6) is 0 Å². The molecule has 0 bridgehead atoms. The maximum Gasteiger partial charge on any atom is 0.407 e. The Kier molecular flexibility index (Phi) is 8.33. The fourth-order valence-corrected chi connectivity index (χ4v) is 5.75. The van der Waals surface area contributed by atoms with Gasteiger partial charge in [-0.15, -0.1) is 11.8 Å². The lowest BCUT2D eigenvalue weighted by Gasteiger charge is -2.35. The lowest BCUT2D eigenvalue weighted by atomic mass is 9.73. The van der Waals surface area contributed by atoms with Gasteiger partial charge >= 0.3 is 12.1 Å². The fourth-order valence-electron chi connectivity index (χ4n) is 5.19. The molecule has 0 aromatic heterocycles. The molecule has 2 aliphatic rings. The number of benzene rings is 2. The summed E-state index contributed by atoms with van der Waals surface area (Å²) in [4.78, 5) is 36.4. The minimum atomic E-state index is -0.864. The predicted octanol–water partition coefficient (Wildman–Crippen LogP) is 4.41. The molecule has 0 saturated heterocycles. The third-order valence-electron chi connectivity index (χ3n) is 6.96. The van der Waals surface area contributed by atoms with Crippen LogP contribution in [-0.2, 0) is 14.3 Å². The van der Waals surface area contributed by atoms with Crippen molar-refractivity contribution < 1.29 is 24.2 Å². The van der Waals surface area contributed by atoms with Crippen molar-refractivity contribution in [2.45, 2.75) is 38.0 Å². The van der Waals surface area contributed by atoms with Crippen LogP contribution >= 0.6 is 11.8 Å². The van der Waals surface area contributed by atoms with E-state index in [0.717, 1.165) is 30.4 Å². The van der Waals surface area contributed by atoms with Gasteiger partial charge in [-0.25, -0.2) is 4.79 Å². The quantitative estimate of drug-likeness (QED) is 0.421. The van der Waals surface area contributed by atoms with Crippen LogP contribution in [0.3, 0.4) is 0 Å². The molecule has 186 valence electrons. The first-order valence-corrected chi connectivity index (χ1v) is 13.3. The maximum atomic E-state index is 13.0. The average Bonchev–Trinajstić information content (AvgIpc) is 3.20. The second-order valence-electron chi connectivity index (χ2n) is 9.22. The molecular weight excluding hydrogens is 464 g/mol. The molecule has 0 atom stereocenters. The molecular formula is C27H32N2O5S. The number of fused-ring (bicyclic) bond motifs is 3. The number of alkyl carbamates (subject to hydrolysis) is 1. The number of hydrogen-bond donors (Lipinski definition) is 3. The van der Waals surface area contributed by atoms with E-state index in [2.05, 4.69) is 34.9 Å². The fraction of sp³-hybridized carbons (Fsp3) is 0.444. The Balaban J connectivity index is 1.32. The van der Waals surface area contributed by atoms with Gasteiger partial charge in [-0.1, -0.05) is 67.8 Å². The monoisotopic (exact) mass is 496 g/mol. The Morgan fingerprint density at radius 1 is 0.943 bits per heavy atom. The summed E-state index contributed by atoms with van der Waals surface area (Å²) in [5.41, 5.74) is 4.02. The largest absolute Gasteiger partial charge is 0.481 e. The van der Waals surface area contributed by atoms with Crippen LogP contribution in [0.15, 0.2) is 48.5 Å². The van der Waals surface area contributed by atoms with E-state index in [1.807, 2.05) is 24.3 Å². The van der Waals surface area contributed by atoms with Gasteiger partial charge in [-0.05, 0) is 35.1 Å². The minimum absolute atomic E-state index is 0.0107. The van der Waals surface area contributed by atoms with Crippen molar-refractivity contribution in [1.82, 2.24) is 10.6 Å². The van der Waals surface area contributed by atoms with E-state index in [0.29, 0.717) is 25.1 Å². The zero-order valence-corrected chi connectivity index (χ0v) is 20.6. The molecule has 0 unspecified atom stereocenters. The number of carbonyl (C=O) groups is 3. The van der Waals surface area contributed by atoms with Crippen molar-refractivity contribution in [3.05, 3.63) is 59.7 Å². The minimum Gasteiger partial charge on any atom is -0.481 e. The van der Waals surface area contributed by atoms with E-state index in [4.69, 9.17) is 9.84 Å². The predicted molar refractivity (Wildman–Crippen MR) is 137 cm³/mol. The molecule has 0 heterocycles. The van der Waals surface area contributed by atoms with Crippen molar-refractivity contribution in [2.75, 3.05) is 31.2 Å². The normalized spacial score (nSPS) is 16.1. The smallest absolute Gasteiger partial charge is 0.407 e. The molecule has 2 aromatic carbocycles. The number of ether oxygens (including phenoxy) is 1. The third kappa shape index (κ3) is 5.99. The van der Waals surface area contributed by atoms with E-state index in [1.165, 1.54) is 22.9 Å². The van der Waals surface area contributed by atoms with E-state index in [9.17, 15) is 14.4 Å². The lowest BCUT2D eigenvalue weighted by molar-refractivity contribution is -0.134. The maximum absolute atomic E-state index is 13.0. The first-order valence-electron chi connectivity index (χ1n) is 12.2. The molecule has 2 amide bonds. The SMILES string of the molecule is O=C(O)CSCCNC(=O)C1(CNC(=O)OCC2c3ccccc3-c3ccccc32)CCCCC1. The highest BCUT2D eigenvalue weighted by molar-refractivity contribution is 7.99. The van der Waals surface area contributed by atoms with E-state index in [1.54, 1.807) is 0 Å². The zero-order chi connectivity index (χ0) is 24.7. The van der Waals surface area contributed by atoms with Gasteiger partial charge in [0.2, 0.25) is 5.91 Å². The lowest BCUT2D eigenvalue weighted by Crippen LogP contribution is -2.50. The zero-order valence-electron chi connectivity index (χ0n) is 19.8. The number of rotatable bonds is 10. The van der Waals surface area contributed by atoms with Crippen LogP contribution in [0.1, 0.15) is 49.1 Å². The van der Waals surface area contributed by atoms with Crippen molar-refractivity contribution in [1.29, 1.82) is 0 Å². The highest BCUT2D eigenvalue weighted by Crippen LogP contribution is 2.44. The summed E-state index contributed by atoms with van der Waals surface area (Å²) in [6, 6.07) is 16.4. The molecule has 0 radical (unpaired) electrons. The summed E-state index contributed by atoms with van der Waals surface area (Å²) in [5, 5.41) is 14.5. The highest BCUT2D eigenvalue weighted by atomic mass is 32.2. The number of nitrogens with one attached hydrogen (secondary N) is 2. The first kappa shape index (κ1) is 25.1. The summed E-state index contributed by atoms with van der Waals surface area (Å²) in [7, 11) is 0. The average molecular weight is 497 g/mol. The highest BCUT2D eigenvalue weighted by Gasteiger charge is 2.40. The molecule has 4 rings (SSSR count). The van der Waals surface area contributed by atoms with Crippen molar-refractivity contribution in [2.24, 2.45) is 5.41 Å². The van der Waals surface area contributed by atoms with Gasteiger partial charge in [0.25, 0.3) is 0 Å². The van der Waals surface area contributed by atoms with Gasteiger partial charge in [-0.2, -0.15) is 0 Å².